The Balaban J connectivity index is 4.24. The number of aliphatic hydroxyl groups is 1. The lowest BCUT2D eigenvalue weighted by Gasteiger charge is -2.34. The fourth-order valence-electron chi connectivity index (χ4n) is 1.03. The average molecular weight is 161 g/mol. The molecule has 3 heteroatoms. The largest absolute Gasteiger partial charge is 0.389 e. The van der Waals surface area contributed by atoms with Crippen molar-refractivity contribution in [1.82, 2.24) is 0 Å². The zero-order valence-corrected chi connectivity index (χ0v) is 7.79. The molecular formula is C8H19NO2. The Morgan fingerprint density at radius 3 is 2.18 bits per heavy atom. The Labute approximate surface area is 68.5 Å². The lowest BCUT2D eigenvalue weighted by atomic mass is 9.91. The van der Waals surface area contributed by atoms with Crippen molar-refractivity contribution < 1.29 is 9.84 Å². The summed E-state index contributed by atoms with van der Waals surface area (Å²) < 4.78 is 5.18. The molecule has 68 valence electrons. The van der Waals surface area contributed by atoms with Crippen LogP contribution in [0.1, 0.15) is 27.2 Å². The SMILES string of the molecule is CCC(C)(OC)C(O)C(C)N. The van der Waals surface area contributed by atoms with Gasteiger partial charge in [-0.2, -0.15) is 0 Å². The van der Waals surface area contributed by atoms with Gasteiger partial charge in [-0.3, -0.25) is 0 Å². The van der Waals surface area contributed by atoms with E-state index in [1.807, 2.05) is 13.8 Å². The van der Waals surface area contributed by atoms with Crippen molar-refractivity contribution in [3.63, 3.8) is 0 Å². The topological polar surface area (TPSA) is 55.5 Å². The molecule has 0 saturated heterocycles. The van der Waals surface area contributed by atoms with E-state index in [1.54, 1.807) is 14.0 Å². The van der Waals surface area contributed by atoms with Crippen molar-refractivity contribution >= 4 is 0 Å². The first-order valence-electron chi connectivity index (χ1n) is 3.96. The Bertz CT molecular complexity index is 111. The Morgan fingerprint density at radius 1 is 1.64 bits per heavy atom. The molecule has 3 atom stereocenters. The molecule has 3 unspecified atom stereocenters. The second-order valence-corrected chi connectivity index (χ2v) is 3.17. The van der Waals surface area contributed by atoms with Crippen LogP contribution in [0.5, 0.6) is 0 Å². The lowest BCUT2D eigenvalue weighted by Crippen LogP contribution is -2.50. The van der Waals surface area contributed by atoms with Gasteiger partial charge in [0.05, 0.1) is 11.7 Å². The van der Waals surface area contributed by atoms with E-state index in [9.17, 15) is 5.11 Å². The summed E-state index contributed by atoms with van der Waals surface area (Å²) >= 11 is 0. The van der Waals surface area contributed by atoms with Gasteiger partial charge < -0.3 is 15.6 Å². The van der Waals surface area contributed by atoms with E-state index in [2.05, 4.69) is 0 Å². The molecule has 0 aromatic rings. The maximum Gasteiger partial charge on any atom is 0.0974 e. The van der Waals surface area contributed by atoms with Gasteiger partial charge in [0, 0.05) is 13.2 Å². The lowest BCUT2D eigenvalue weighted by molar-refractivity contribution is -0.0989. The number of methoxy groups -OCH3 is 1. The highest BCUT2D eigenvalue weighted by Gasteiger charge is 2.33. The first kappa shape index (κ1) is 10.9. The molecule has 0 heterocycles. The third kappa shape index (κ3) is 2.43. The summed E-state index contributed by atoms with van der Waals surface area (Å²) in [5.74, 6) is 0. The number of rotatable bonds is 4. The highest BCUT2D eigenvalue weighted by molar-refractivity contribution is 4.87. The van der Waals surface area contributed by atoms with Crippen LogP contribution in [0.3, 0.4) is 0 Å². The Kier molecular flexibility index (Phi) is 4.00. The quantitative estimate of drug-likeness (QED) is 0.631. The first-order valence-corrected chi connectivity index (χ1v) is 3.96. The van der Waals surface area contributed by atoms with Gasteiger partial charge in [0.2, 0.25) is 0 Å². The minimum Gasteiger partial charge on any atom is -0.389 e. The van der Waals surface area contributed by atoms with Crippen molar-refractivity contribution in [2.24, 2.45) is 5.73 Å². The van der Waals surface area contributed by atoms with Crippen LogP contribution in [-0.4, -0.2) is 30.0 Å². The van der Waals surface area contributed by atoms with Crippen LogP contribution in [0.15, 0.2) is 0 Å². The van der Waals surface area contributed by atoms with Crippen LogP contribution < -0.4 is 5.73 Å². The molecule has 0 aromatic heterocycles. The van der Waals surface area contributed by atoms with Crippen molar-refractivity contribution in [3.05, 3.63) is 0 Å². The Hall–Kier alpha value is -0.120. The highest BCUT2D eigenvalue weighted by atomic mass is 16.5. The standard InChI is InChI=1S/C8H19NO2/c1-5-8(3,11-4)7(10)6(2)9/h6-7,10H,5,9H2,1-4H3. The zero-order valence-electron chi connectivity index (χ0n) is 7.79. The van der Waals surface area contributed by atoms with E-state index < -0.39 is 11.7 Å². The highest BCUT2D eigenvalue weighted by Crippen LogP contribution is 2.20. The number of ether oxygens (including phenoxy) is 1. The maximum absolute atomic E-state index is 9.60. The number of nitrogens with two attached hydrogens (primary N) is 1. The molecule has 0 saturated carbocycles. The summed E-state index contributed by atoms with van der Waals surface area (Å²) in [6.07, 6.45) is 0.157. The predicted molar refractivity (Wildman–Crippen MR) is 45.4 cm³/mol. The van der Waals surface area contributed by atoms with Crippen LogP contribution in [-0.2, 0) is 4.74 Å². The maximum atomic E-state index is 9.60. The average Bonchev–Trinajstić information content (AvgIpc) is 2.01. The molecule has 0 aromatic carbocycles. The number of hydrogen-bond donors (Lipinski definition) is 2. The van der Waals surface area contributed by atoms with E-state index in [-0.39, 0.29) is 6.04 Å². The molecule has 0 rings (SSSR count). The van der Waals surface area contributed by atoms with Gasteiger partial charge in [-0.25, -0.2) is 0 Å². The normalized spacial score (nSPS) is 22.4. The van der Waals surface area contributed by atoms with Crippen molar-refractivity contribution in [1.29, 1.82) is 0 Å². The fourth-order valence-corrected chi connectivity index (χ4v) is 1.03. The van der Waals surface area contributed by atoms with Gasteiger partial charge in [-0.05, 0) is 20.3 Å². The van der Waals surface area contributed by atoms with Crippen LogP contribution in [0.25, 0.3) is 0 Å². The molecule has 11 heavy (non-hydrogen) atoms. The second kappa shape index (κ2) is 4.04. The van der Waals surface area contributed by atoms with Gasteiger partial charge in [0.25, 0.3) is 0 Å². The van der Waals surface area contributed by atoms with E-state index in [0.717, 1.165) is 6.42 Å². The van der Waals surface area contributed by atoms with Crippen molar-refractivity contribution in [2.45, 2.75) is 44.9 Å². The monoisotopic (exact) mass is 161 g/mol. The van der Waals surface area contributed by atoms with Gasteiger partial charge >= 0.3 is 0 Å². The molecule has 0 bridgehead atoms. The van der Waals surface area contributed by atoms with E-state index in [1.165, 1.54) is 0 Å². The van der Waals surface area contributed by atoms with Crippen LogP contribution in [0.2, 0.25) is 0 Å². The molecular weight excluding hydrogens is 142 g/mol. The Morgan fingerprint density at radius 2 is 2.09 bits per heavy atom. The summed E-state index contributed by atoms with van der Waals surface area (Å²) in [6.45, 7) is 5.60. The molecule has 0 radical (unpaired) electrons. The second-order valence-electron chi connectivity index (χ2n) is 3.17. The molecule has 3 N–H and O–H groups in total. The summed E-state index contributed by atoms with van der Waals surface area (Å²) in [6, 6.07) is -0.250. The van der Waals surface area contributed by atoms with E-state index in [0.29, 0.717) is 0 Å². The van der Waals surface area contributed by atoms with Gasteiger partial charge in [0.15, 0.2) is 0 Å². The van der Waals surface area contributed by atoms with Crippen molar-refractivity contribution in [2.75, 3.05) is 7.11 Å². The molecule has 0 aliphatic rings. The van der Waals surface area contributed by atoms with Gasteiger partial charge in [-0.1, -0.05) is 6.92 Å². The van der Waals surface area contributed by atoms with E-state index >= 15 is 0 Å². The van der Waals surface area contributed by atoms with E-state index in [4.69, 9.17) is 10.5 Å². The third-order valence-corrected chi connectivity index (χ3v) is 2.29. The van der Waals surface area contributed by atoms with Gasteiger partial charge in [0.1, 0.15) is 0 Å². The summed E-state index contributed by atoms with van der Waals surface area (Å²) in [5.41, 5.74) is 5.04. The zero-order chi connectivity index (χ0) is 9.07. The molecule has 0 aliphatic carbocycles. The molecule has 0 amide bonds. The number of hydrogen-bond acceptors (Lipinski definition) is 3. The van der Waals surface area contributed by atoms with Crippen LogP contribution >= 0.6 is 0 Å². The van der Waals surface area contributed by atoms with Crippen LogP contribution in [0, 0.1) is 0 Å². The first-order chi connectivity index (χ1) is 4.98. The minimum atomic E-state index is -0.600. The number of aliphatic hydroxyl groups excluding tert-OH is 1. The van der Waals surface area contributed by atoms with Gasteiger partial charge in [-0.15, -0.1) is 0 Å². The smallest absolute Gasteiger partial charge is 0.0974 e. The third-order valence-electron chi connectivity index (χ3n) is 2.29. The summed E-state index contributed by atoms with van der Waals surface area (Å²) in [7, 11) is 1.59. The molecule has 0 aliphatic heterocycles. The summed E-state index contributed by atoms with van der Waals surface area (Å²) in [5, 5.41) is 9.60. The minimum absolute atomic E-state index is 0.250. The molecule has 0 fully saturated rings. The predicted octanol–water partition coefficient (Wildman–Crippen LogP) is 0.510. The molecule has 3 nitrogen and oxygen atoms in total. The fraction of sp³-hybridized carbons (Fsp3) is 1.00. The molecule has 0 spiro atoms. The summed E-state index contributed by atoms with van der Waals surface area (Å²) in [4.78, 5) is 0. The van der Waals surface area contributed by atoms with Crippen LogP contribution in [0.4, 0.5) is 0 Å². The van der Waals surface area contributed by atoms with Crippen molar-refractivity contribution in [3.8, 4) is 0 Å².